The minimum Gasteiger partial charge on any atom is -0.491 e. The van der Waals surface area contributed by atoms with Crippen LogP contribution in [0.2, 0.25) is 0 Å². The summed E-state index contributed by atoms with van der Waals surface area (Å²) in [5.74, 6) is 0.201. The van der Waals surface area contributed by atoms with Crippen LogP contribution < -0.4 is 10.1 Å². The third-order valence-electron chi connectivity index (χ3n) is 5.40. The molecule has 164 valence electrons. The van der Waals surface area contributed by atoms with Gasteiger partial charge in [-0.3, -0.25) is 9.69 Å². The second-order valence-corrected chi connectivity index (χ2v) is 8.61. The van der Waals surface area contributed by atoms with Gasteiger partial charge < -0.3 is 15.2 Å². The lowest BCUT2D eigenvalue weighted by atomic mass is 9.83. The third-order valence-corrected chi connectivity index (χ3v) is 5.93. The Morgan fingerprint density at radius 2 is 1.56 bits per heavy atom. The van der Waals surface area contributed by atoms with Crippen molar-refractivity contribution in [3.63, 3.8) is 0 Å². The van der Waals surface area contributed by atoms with Crippen LogP contribution in [0.15, 0.2) is 89.4 Å². The summed E-state index contributed by atoms with van der Waals surface area (Å²) in [6.07, 6.45) is -0.721. The summed E-state index contributed by atoms with van der Waals surface area (Å²) >= 11 is 3.36. The van der Waals surface area contributed by atoms with Gasteiger partial charge >= 0.3 is 6.03 Å². The van der Waals surface area contributed by atoms with Crippen molar-refractivity contribution in [1.29, 1.82) is 0 Å². The maximum Gasteiger partial charge on any atom is 0.325 e. The fourth-order valence-corrected chi connectivity index (χ4v) is 4.09. The second kappa shape index (κ2) is 9.54. The maximum absolute atomic E-state index is 13.6. The van der Waals surface area contributed by atoms with E-state index in [1.165, 1.54) is 0 Å². The van der Waals surface area contributed by atoms with E-state index < -0.39 is 17.7 Å². The van der Waals surface area contributed by atoms with Crippen molar-refractivity contribution < 1.29 is 19.4 Å². The highest BCUT2D eigenvalue weighted by molar-refractivity contribution is 9.10. The van der Waals surface area contributed by atoms with E-state index in [0.29, 0.717) is 17.7 Å². The highest BCUT2D eigenvalue weighted by atomic mass is 79.9. The molecular formula is C25H23BrN2O4. The molecule has 0 spiro atoms. The predicted octanol–water partition coefficient (Wildman–Crippen LogP) is 3.88. The first kappa shape index (κ1) is 22.0. The van der Waals surface area contributed by atoms with Crippen LogP contribution in [-0.4, -0.2) is 41.2 Å². The Morgan fingerprint density at radius 3 is 2.22 bits per heavy atom. The average Bonchev–Trinajstić information content (AvgIpc) is 3.05. The molecule has 1 fully saturated rings. The number of aliphatic hydroxyl groups is 1. The molecule has 1 heterocycles. The maximum atomic E-state index is 13.6. The molecule has 0 aliphatic carbocycles. The lowest BCUT2D eigenvalue weighted by molar-refractivity contribution is -0.132. The molecule has 2 atom stereocenters. The van der Waals surface area contributed by atoms with Gasteiger partial charge in [0.05, 0.1) is 6.54 Å². The number of imide groups is 1. The number of amides is 3. The summed E-state index contributed by atoms with van der Waals surface area (Å²) < 4.78 is 6.51. The number of hydrogen-bond acceptors (Lipinski definition) is 4. The molecule has 0 saturated carbocycles. The highest BCUT2D eigenvalue weighted by Gasteiger charge is 2.52. The minimum atomic E-state index is -1.23. The molecule has 3 aromatic rings. The fraction of sp³-hybridized carbons (Fsp3) is 0.200. The van der Waals surface area contributed by atoms with Crippen LogP contribution in [0, 0.1) is 0 Å². The van der Waals surface area contributed by atoms with E-state index >= 15 is 0 Å². The minimum absolute atomic E-state index is 0.0459. The summed E-state index contributed by atoms with van der Waals surface area (Å²) in [5, 5.41) is 13.4. The molecule has 0 bridgehead atoms. The van der Waals surface area contributed by atoms with Gasteiger partial charge in [-0.05, 0) is 35.4 Å². The molecule has 3 amide bonds. The molecule has 0 aromatic heterocycles. The van der Waals surface area contributed by atoms with E-state index in [1.807, 2.05) is 72.8 Å². The second-order valence-electron chi connectivity index (χ2n) is 7.70. The number of nitrogens with one attached hydrogen (secondary N) is 1. The van der Waals surface area contributed by atoms with Crippen molar-refractivity contribution in [3.8, 4) is 5.75 Å². The molecule has 4 rings (SSSR count). The number of carbonyl (C=O) groups excluding carboxylic acids is 2. The fourth-order valence-electron chi connectivity index (χ4n) is 3.82. The zero-order valence-electron chi connectivity index (χ0n) is 17.3. The van der Waals surface area contributed by atoms with Crippen LogP contribution in [0.25, 0.3) is 0 Å². The highest BCUT2D eigenvalue weighted by Crippen LogP contribution is 2.33. The van der Waals surface area contributed by atoms with Gasteiger partial charge in [-0.2, -0.15) is 0 Å². The van der Waals surface area contributed by atoms with Crippen molar-refractivity contribution in [2.45, 2.75) is 18.1 Å². The van der Waals surface area contributed by atoms with E-state index in [2.05, 4.69) is 21.2 Å². The normalized spacial score (nSPS) is 19.0. The molecule has 7 heteroatoms. The first-order chi connectivity index (χ1) is 15.5. The van der Waals surface area contributed by atoms with Gasteiger partial charge in [0.2, 0.25) is 0 Å². The number of halogens is 1. The van der Waals surface area contributed by atoms with Gasteiger partial charge in [0.25, 0.3) is 5.91 Å². The largest absolute Gasteiger partial charge is 0.491 e. The summed E-state index contributed by atoms with van der Waals surface area (Å²) in [5.41, 5.74) is 0.391. The van der Waals surface area contributed by atoms with Crippen molar-refractivity contribution in [3.05, 3.63) is 101 Å². The van der Waals surface area contributed by atoms with Crippen molar-refractivity contribution in [2.24, 2.45) is 0 Å². The Balaban J connectivity index is 1.52. The number of aliphatic hydroxyl groups excluding tert-OH is 1. The van der Waals surface area contributed by atoms with Gasteiger partial charge in [0, 0.05) is 10.9 Å². The summed E-state index contributed by atoms with van der Waals surface area (Å²) in [7, 11) is 0. The number of benzene rings is 3. The number of rotatable bonds is 8. The van der Waals surface area contributed by atoms with Crippen molar-refractivity contribution in [2.75, 3.05) is 13.2 Å². The summed E-state index contributed by atoms with van der Waals surface area (Å²) in [6, 6.07) is 25.4. The van der Waals surface area contributed by atoms with Gasteiger partial charge in [-0.1, -0.05) is 76.6 Å². The first-order valence-corrected chi connectivity index (χ1v) is 11.1. The van der Waals surface area contributed by atoms with Gasteiger partial charge in [-0.15, -0.1) is 0 Å². The van der Waals surface area contributed by atoms with Gasteiger partial charge in [0.1, 0.15) is 18.5 Å². The van der Waals surface area contributed by atoms with Crippen LogP contribution in [0.4, 0.5) is 4.79 Å². The lowest BCUT2D eigenvalue weighted by Gasteiger charge is -2.28. The average molecular weight is 495 g/mol. The number of carbonyl (C=O) groups is 2. The smallest absolute Gasteiger partial charge is 0.325 e. The van der Waals surface area contributed by atoms with E-state index in [4.69, 9.17) is 4.74 Å². The molecular weight excluding hydrogens is 472 g/mol. The quantitative estimate of drug-likeness (QED) is 0.465. The predicted molar refractivity (Wildman–Crippen MR) is 124 cm³/mol. The summed E-state index contributed by atoms with van der Waals surface area (Å²) in [4.78, 5) is 27.5. The van der Waals surface area contributed by atoms with Gasteiger partial charge in [-0.25, -0.2) is 4.79 Å². The van der Waals surface area contributed by atoms with Gasteiger partial charge in [0.15, 0.2) is 5.54 Å². The standard InChI is InChI=1S/C25H23BrN2O4/c26-20-11-13-22(14-12-20)32-17-21(29)16-28-23(30)25(27-24(28)31,19-9-5-2-6-10-19)15-18-7-3-1-4-8-18/h1-14,21,29H,15-17H2,(H,27,31)/t21-,25+/m1/s1. The Hall–Kier alpha value is -3.16. The van der Waals surface area contributed by atoms with Crippen LogP contribution in [0.3, 0.4) is 0 Å². The van der Waals surface area contributed by atoms with Crippen LogP contribution in [0.5, 0.6) is 5.75 Å². The Bertz CT molecular complexity index is 1080. The van der Waals surface area contributed by atoms with E-state index in [9.17, 15) is 14.7 Å². The molecule has 6 nitrogen and oxygen atoms in total. The zero-order valence-corrected chi connectivity index (χ0v) is 18.9. The van der Waals surface area contributed by atoms with Crippen molar-refractivity contribution in [1.82, 2.24) is 10.2 Å². The molecule has 0 radical (unpaired) electrons. The monoisotopic (exact) mass is 494 g/mol. The molecule has 32 heavy (non-hydrogen) atoms. The SMILES string of the molecule is O=C1N[C@@](Cc2ccccc2)(c2ccccc2)C(=O)N1C[C@@H](O)COc1ccc(Br)cc1. The molecule has 1 aliphatic rings. The summed E-state index contributed by atoms with van der Waals surface area (Å²) in [6.45, 7) is -0.208. The Morgan fingerprint density at radius 1 is 0.938 bits per heavy atom. The third kappa shape index (κ3) is 4.69. The molecule has 3 aromatic carbocycles. The van der Waals surface area contributed by atoms with Crippen LogP contribution >= 0.6 is 15.9 Å². The zero-order chi connectivity index (χ0) is 22.6. The Kier molecular flexibility index (Phi) is 6.58. The number of β-amino-alcohol motifs (C(OH)–C–C–N with tert-alkyl or cyclic N) is 1. The van der Waals surface area contributed by atoms with Crippen molar-refractivity contribution >= 4 is 27.9 Å². The van der Waals surface area contributed by atoms with E-state index in [1.54, 1.807) is 12.1 Å². The first-order valence-electron chi connectivity index (χ1n) is 10.3. The lowest BCUT2D eigenvalue weighted by Crippen LogP contribution is -2.46. The van der Waals surface area contributed by atoms with E-state index in [0.717, 1.165) is 14.9 Å². The topological polar surface area (TPSA) is 78.9 Å². The number of urea groups is 1. The van der Waals surface area contributed by atoms with Crippen LogP contribution in [0.1, 0.15) is 11.1 Å². The van der Waals surface area contributed by atoms with Crippen LogP contribution in [-0.2, 0) is 16.8 Å². The number of nitrogens with zero attached hydrogens (tertiary/aromatic N) is 1. The Labute approximate surface area is 195 Å². The molecule has 2 N–H and O–H groups in total. The number of ether oxygens (including phenoxy) is 1. The van der Waals surface area contributed by atoms with E-state index in [-0.39, 0.29) is 19.1 Å². The molecule has 0 unspecified atom stereocenters. The molecule has 1 aliphatic heterocycles. The number of hydrogen-bond donors (Lipinski definition) is 2. The molecule has 1 saturated heterocycles.